The number of hydrogen-bond acceptors (Lipinski definition) is 4. The van der Waals surface area contributed by atoms with E-state index >= 15 is 0 Å². The van der Waals surface area contributed by atoms with E-state index in [1.807, 2.05) is 0 Å². The van der Waals surface area contributed by atoms with Crippen molar-refractivity contribution in [1.29, 1.82) is 0 Å². The predicted molar refractivity (Wildman–Crippen MR) is 67.8 cm³/mol. The van der Waals surface area contributed by atoms with Gasteiger partial charge in [0.25, 0.3) is 7.82 Å². The van der Waals surface area contributed by atoms with E-state index in [0.29, 0.717) is 0 Å². The van der Waals surface area contributed by atoms with Crippen molar-refractivity contribution in [2.45, 2.75) is 65.2 Å². The number of hydrogen-bond donors (Lipinski definition) is 0. The Bertz CT molecular complexity index is 196. The van der Waals surface area contributed by atoms with E-state index in [-0.39, 0.29) is 30.0 Å². The van der Waals surface area contributed by atoms with Crippen molar-refractivity contribution in [2.75, 3.05) is 13.2 Å². The van der Waals surface area contributed by atoms with Gasteiger partial charge in [0.2, 0.25) is 0 Å². The third kappa shape index (κ3) is 14.7. The van der Waals surface area contributed by atoms with Crippen LogP contribution in [0.2, 0.25) is 0 Å². The Labute approximate surface area is 122 Å². The van der Waals surface area contributed by atoms with Crippen LogP contribution in [0, 0.1) is 0 Å². The Morgan fingerprint density at radius 1 is 0.833 bits per heavy atom. The molecule has 0 aromatic carbocycles. The number of phosphoric ester groups is 1. The summed E-state index contributed by atoms with van der Waals surface area (Å²) in [4.78, 5) is 11.3. The summed E-state index contributed by atoms with van der Waals surface area (Å²) in [5.41, 5.74) is 0. The first kappa shape index (κ1) is 20.9. The molecular formula is C12H26CoO4P+2. The second-order valence-corrected chi connectivity index (χ2v) is 5.65. The molecule has 0 spiro atoms. The van der Waals surface area contributed by atoms with Gasteiger partial charge in [-0.15, -0.1) is 0 Å². The molecule has 0 rings (SSSR count). The SMILES string of the molecule is CCCCCCOP(=O)([O-])OCCCCCC.[Co+3]. The van der Waals surface area contributed by atoms with Crippen molar-refractivity contribution in [1.82, 2.24) is 0 Å². The molecule has 0 bridgehead atoms. The molecule has 6 heteroatoms. The minimum atomic E-state index is -4.04. The van der Waals surface area contributed by atoms with Crippen LogP contribution in [0.5, 0.6) is 0 Å². The van der Waals surface area contributed by atoms with Crippen LogP contribution in [0.1, 0.15) is 65.2 Å². The van der Waals surface area contributed by atoms with Crippen molar-refractivity contribution in [2.24, 2.45) is 0 Å². The molecule has 0 unspecified atom stereocenters. The second-order valence-electron chi connectivity index (χ2n) is 4.23. The third-order valence-corrected chi connectivity index (χ3v) is 3.49. The molecule has 4 nitrogen and oxygen atoms in total. The van der Waals surface area contributed by atoms with Crippen LogP contribution >= 0.6 is 7.82 Å². The van der Waals surface area contributed by atoms with Gasteiger partial charge in [-0.2, -0.15) is 0 Å². The molecule has 0 amide bonds. The van der Waals surface area contributed by atoms with Gasteiger partial charge in [-0.05, 0) is 12.8 Å². The molecule has 110 valence electrons. The maximum atomic E-state index is 11.3. The topological polar surface area (TPSA) is 58.6 Å². The zero-order chi connectivity index (χ0) is 13.0. The quantitative estimate of drug-likeness (QED) is 0.406. The second kappa shape index (κ2) is 14.0. The zero-order valence-electron chi connectivity index (χ0n) is 11.5. The summed E-state index contributed by atoms with van der Waals surface area (Å²) in [6.07, 6.45) is 8.05. The minimum Gasteiger partial charge on any atom is -0.756 e. The molecule has 0 aliphatic carbocycles. The van der Waals surface area contributed by atoms with Gasteiger partial charge in [-0.25, -0.2) is 0 Å². The Morgan fingerprint density at radius 2 is 1.22 bits per heavy atom. The Hall–Kier alpha value is 0.616. The third-order valence-electron chi connectivity index (χ3n) is 2.49. The van der Waals surface area contributed by atoms with Gasteiger partial charge in [0.05, 0.1) is 13.2 Å². The van der Waals surface area contributed by atoms with Gasteiger partial charge in [0.1, 0.15) is 0 Å². The molecule has 0 atom stereocenters. The largest absolute Gasteiger partial charge is 3.00 e. The number of rotatable bonds is 12. The van der Waals surface area contributed by atoms with E-state index in [9.17, 15) is 9.46 Å². The van der Waals surface area contributed by atoms with Gasteiger partial charge in [-0.1, -0.05) is 52.4 Å². The van der Waals surface area contributed by atoms with Crippen LogP contribution in [0.3, 0.4) is 0 Å². The molecule has 0 aliphatic rings. The predicted octanol–water partition coefficient (Wildman–Crippen LogP) is 3.65. The summed E-state index contributed by atoms with van der Waals surface area (Å²) >= 11 is 0. The average molecular weight is 324 g/mol. The van der Waals surface area contributed by atoms with E-state index in [1.54, 1.807) is 0 Å². The van der Waals surface area contributed by atoms with Crippen LogP contribution in [0.4, 0.5) is 0 Å². The smallest absolute Gasteiger partial charge is 0.756 e. The van der Waals surface area contributed by atoms with Crippen LogP contribution in [-0.4, -0.2) is 13.2 Å². The van der Waals surface area contributed by atoms with E-state index in [2.05, 4.69) is 13.8 Å². The average Bonchev–Trinajstić information content (AvgIpc) is 2.28. The molecule has 0 radical (unpaired) electrons. The molecule has 18 heavy (non-hydrogen) atoms. The van der Waals surface area contributed by atoms with Gasteiger partial charge < -0.3 is 13.9 Å². The number of phosphoric acid groups is 1. The first-order valence-electron chi connectivity index (χ1n) is 6.72. The van der Waals surface area contributed by atoms with Gasteiger partial charge in [0.15, 0.2) is 0 Å². The summed E-state index contributed by atoms with van der Waals surface area (Å²) in [6.45, 7) is 4.71. The van der Waals surface area contributed by atoms with Crippen LogP contribution < -0.4 is 4.89 Å². The maximum Gasteiger partial charge on any atom is 3.00 e. The van der Waals surface area contributed by atoms with Crippen molar-refractivity contribution in [3.8, 4) is 0 Å². The fraction of sp³-hybridized carbons (Fsp3) is 1.00. The molecule has 0 fully saturated rings. The van der Waals surface area contributed by atoms with Crippen molar-refractivity contribution < 1.29 is 35.3 Å². The monoisotopic (exact) mass is 324 g/mol. The molecule has 0 heterocycles. The first-order valence-corrected chi connectivity index (χ1v) is 8.18. The van der Waals surface area contributed by atoms with Crippen LogP contribution in [-0.2, 0) is 30.4 Å². The molecule has 0 N–H and O–H groups in total. The fourth-order valence-electron chi connectivity index (χ4n) is 1.45. The number of unbranched alkanes of at least 4 members (excludes halogenated alkanes) is 6. The van der Waals surface area contributed by atoms with Crippen LogP contribution in [0.25, 0.3) is 0 Å². The van der Waals surface area contributed by atoms with Crippen molar-refractivity contribution in [3.05, 3.63) is 0 Å². The Balaban J connectivity index is 0. The summed E-state index contributed by atoms with van der Waals surface area (Å²) in [5.74, 6) is 0. The maximum absolute atomic E-state index is 11.3. The standard InChI is InChI=1S/C12H27O4P.Co/c1-3-5-7-9-11-15-17(13,14)16-12-10-8-6-4-2;/h3-12H2,1-2H3,(H,13,14);/q;+3/p-1. The first-order chi connectivity index (χ1) is 8.12. The summed E-state index contributed by atoms with van der Waals surface area (Å²) in [5, 5.41) is 0. The normalized spacial score (nSPS) is 11.3. The molecular weight excluding hydrogens is 298 g/mol. The van der Waals surface area contributed by atoms with Crippen molar-refractivity contribution in [3.63, 3.8) is 0 Å². The summed E-state index contributed by atoms with van der Waals surface area (Å²) < 4.78 is 20.8. The molecule has 0 aromatic rings. The minimum absolute atomic E-state index is 0. The van der Waals surface area contributed by atoms with E-state index in [0.717, 1.165) is 51.4 Å². The molecule has 0 aromatic heterocycles. The Kier molecular flexibility index (Phi) is 16.3. The van der Waals surface area contributed by atoms with Gasteiger partial charge >= 0.3 is 16.8 Å². The molecule has 0 saturated heterocycles. The summed E-state index contributed by atoms with van der Waals surface area (Å²) in [7, 11) is -4.04. The molecule has 0 aliphatic heterocycles. The van der Waals surface area contributed by atoms with Gasteiger partial charge in [0, 0.05) is 0 Å². The molecule has 0 saturated carbocycles. The van der Waals surface area contributed by atoms with E-state index in [1.165, 1.54) is 0 Å². The van der Waals surface area contributed by atoms with Gasteiger partial charge in [-0.3, -0.25) is 4.57 Å². The van der Waals surface area contributed by atoms with E-state index < -0.39 is 7.82 Å². The zero-order valence-corrected chi connectivity index (χ0v) is 13.4. The Morgan fingerprint density at radius 3 is 1.56 bits per heavy atom. The van der Waals surface area contributed by atoms with Crippen molar-refractivity contribution >= 4 is 7.82 Å². The fourth-order valence-corrected chi connectivity index (χ4v) is 2.23. The van der Waals surface area contributed by atoms with E-state index in [4.69, 9.17) is 9.05 Å². The summed E-state index contributed by atoms with van der Waals surface area (Å²) in [6, 6.07) is 0. The van der Waals surface area contributed by atoms with Crippen LogP contribution in [0.15, 0.2) is 0 Å².